The van der Waals surface area contributed by atoms with Gasteiger partial charge in [-0.05, 0) is 18.8 Å². The predicted molar refractivity (Wildman–Crippen MR) is 49.8 cm³/mol. The van der Waals surface area contributed by atoms with Crippen molar-refractivity contribution in [2.75, 3.05) is 0 Å². The van der Waals surface area contributed by atoms with Crippen molar-refractivity contribution in [3.63, 3.8) is 0 Å². The summed E-state index contributed by atoms with van der Waals surface area (Å²) in [5, 5.41) is 0. The van der Waals surface area contributed by atoms with Gasteiger partial charge in [0.1, 0.15) is 0 Å². The minimum Gasteiger partial charge on any atom is -0.266 e. The van der Waals surface area contributed by atoms with Crippen LogP contribution in [0.25, 0.3) is 0 Å². The normalized spacial score (nSPS) is 20.2. The molecule has 0 amide bonds. The number of hydrogen-bond acceptors (Lipinski definition) is 1. The highest BCUT2D eigenvalue weighted by Crippen LogP contribution is 2.22. The fourth-order valence-corrected chi connectivity index (χ4v) is 1.17. The minimum absolute atomic E-state index is 0.617. The molecule has 0 aliphatic carbocycles. The van der Waals surface area contributed by atoms with Crippen molar-refractivity contribution in [2.24, 2.45) is 16.8 Å². The Labute approximate surface area is 69.2 Å². The van der Waals surface area contributed by atoms with E-state index in [1.165, 1.54) is 12.1 Å². The van der Waals surface area contributed by atoms with Crippen LogP contribution in [0, 0.1) is 11.8 Å². The van der Waals surface area contributed by atoms with Gasteiger partial charge in [0.25, 0.3) is 0 Å². The Bertz CT molecular complexity index is 177. The molecule has 0 spiro atoms. The molecular weight excluding hydrogens is 134 g/mol. The Morgan fingerprint density at radius 2 is 2.00 bits per heavy atom. The number of allylic oxidation sites excluding steroid dienone is 2. The summed E-state index contributed by atoms with van der Waals surface area (Å²) in [7, 11) is 0. The number of hydrogen-bond donors (Lipinski definition) is 0. The largest absolute Gasteiger partial charge is 0.266 e. The first kappa shape index (κ1) is 8.51. The Morgan fingerprint density at radius 1 is 1.27 bits per heavy atom. The van der Waals surface area contributed by atoms with Crippen molar-refractivity contribution in [2.45, 2.75) is 33.6 Å². The van der Waals surface area contributed by atoms with Crippen LogP contribution in [0.4, 0.5) is 0 Å². The van der Waals surface area contributed by atoms with Gasteiger partial charge in [0.05, 0.1) is 0 Å². The van der Waals surface area contributed by atoms with Crippen molar-refractivity contribution >= 4 is 6.21 Å². The lowest BCUT2D eigenvalue weighted by molar-refractivity contribution is 0.474. The van der Waals surface area contributed by atoms with Gasteiger partial charge in [0, 0.05) is 17.8 Å². The van der Waals surface area contributed by atoms with Crippen LogP contribution in [0.5, 0.6) is 0 Å². The van der Waals surface area contributed by atoms with E-state index in [-0.39, 0.29) is 0 Å². The topological polar surface area (TPSA) is 12.4 Å². The van der Waals surface area contributed by atoms with Gasteiger partial charge in [-0.25, -0.2) is 0 Å². The van der Waals surface area contributed by atoms with Crippen molar-refractivity contribution in [1.82, 2.24) is 0 Å². The summed E-state index contributed by atoms with van der Waals surface area (Å²) < 4.78 is 0. The lowest BCUT2D eigenvalue weighted by Gasteiger charge is -2.17. The van der Waals surface area contributed by atoms with E-state index in [0.29, 0.717) is 11.8 Å². The van der Waals surface area contributed by atoms with Gasteiger partial charge in [0.2, 0.25) is 0 Å². The van der Waals surface area contributed by atoms with Crippen LogP contribution in [0.1, 0.15) is 33.6 Å². The molecule has 0 aromatic rings. The number of rotatable bonds is 2. The monoisotopic (exact) mass is 151 g/mol. The standard InChI is InChI=1S/C10H17N/c1-8(2)9(3)10-6-4-5-7-11-10/h6-9H,4-5H2,1-3H3. The minimum atomic E-state index is 0.617. The molecule has 1 atom stereocenters. The molecule has 0 saturated carbocycles. The van der Waals surface area contributed by atoms with Crippen LogP contribution < -0.4 is 0 Å². The van der Waals surface area contributed by atoms with Gasteiger partial charge < -0.3 is 0 Å². The van der Waals surface area contributed by atoms with E-state index < -0.39 is 0 Å². The SMILES string of the molecule is CC(C)C(C)C1=CCCC=N1. The molecule has 0 aromatic carbocycles. The molecular formula is C10H17N. The Balaban J connectivity index is 2.59. The first-order valence-corrected chi connectivity index (χ1v) is 4.44. The van der Waals surface area contributed by atoms with Crippen LogP contribution in [-0.2, 0) is 0 Å². The van der Waals surface area contributed by atoms with E-state index in [4.69, 9.17) is 0 Å². The molecule has 0 N–H and O–H groups in total. The molecule has 1 rings (SSSR count). The number of nitrogens with zero attached hydrogens (tertiary/aromatic N) is 1. The summed E-state index contributed by atoms with van der Waals surface area (Å²) in [4.78, 5) is 4.39. The maximum atomic E-state index is 4.39. The summed E-state index contributed by atoms with van der Waals surface area (Å²) >= 11 is 0. The number of aliphatic imine (C=N–C) groups is 1. The third kappa shape index (κ3) is 2.18. The molecule has 0 saturated heterocycles. The molecule has 0 aromatic heterocycles. The summed E-state index contributed by atoms with van der Waals surface area (Å²) in [6.07, 6.45) is 6.60. The van der Waals surface area contributed by atoms with Crippen molar-refractivity contribution in [3.05, 3.63) is 11.8 Å². The highest BCUT2D eigenvalue weighted by atomic mass is 14.7. The molecule has 1 aliphatic heterocycles. The summed E-state index contributed by atoms with van der Waals surface area (Å²) in [5.41, 5.74) is 1.28. The summed E-state index contributed by atoms with van der Waals surface area (Å²) in [5.74, 6) is 1.32. The second-order valence-electron chi connectivity index (χ2n) is 3.55. The maximum Gasteiger partial charge on any atom is 0.0390 e. The molecule has 1 unspecified atom stereocenters. The van der Waals surface area contributed by atoms with Crippen LogP contribution in [-0.4, -0.2) is 6.21 Å². The highest BCUT2D eigenvalue weighted by molar-refractivity contribution is 5.60. The van der Waals surface area contributed by atoms with Crippen LogP contribution in [0.2, 0.25) is 0 Å². The average Bonchev–Trinajstić information content (AvgIpc) is 2.05. The van der Waals surface area contributed by atoms with E-state index in [2.05, 4.69) is 31.8 Å². The smallest absolute Gasteiger partial charge is 0.0390 e. The zero-order valence-corrected chi connectivity index (χ0v) is 7.67. The van der Waals surface area contributed by atoms with Gasteiger partial charge in [-0.1, -0.05) is 26.8 Å². The van der Waals surface area contributed by atoms with Gasteiger partial charge in [-0.3, -0.25) is 4.99 Å². The molecule has 0 radical (unpaired) electrons. The quantitative estimate of drug-likeness (QED) is 0.575. The van der Waals surface area contributed by atoms with E-state index in [1.807, 2.05) is 6.21 Å². The van der Waals surface area contributed by atoms with E-state index in [1.54, 1.807) is 0 Å². The van der Waals surface area contributed by atoms with E-state index in [9.17, 15) is 0 Å². The Hall–Kier alpha value is -0.590. The first-order chi connectivity index (χ1) is 5.22. The van der Waals surface area contributed by atoms with Crippen LogP contribution >= 0.6 is 0 Å². The molecule has 1 heterocycles. The molecule has 1 aliphatic rings. The van der Waals surface area contributed by atoms with Crippen molar-refractivity contribution in [3.8, 4) is 0 Å². The van der Waals surface area contributed by atoms with E-state index in [0.717, 1.165) is 6.42 Å². The Morgan fingerprint density at radius 3 is 2.45 bits per heavy atom. The molecule has 0 bridgehead atoms. The molecule has 0 fully saturated rings. The van der Waals surface area contributed by atoms with Gasteiger partial charge >= 0.3 is 0 Å². The third-order valence-electron chi connectivity index (χ3n) is 2.36. The Kier molecular flexibility index (Phi) is 2.86. The van der Waals surface area contributed by atoms with Gasteiger partial charge in [0.15, 0.2) is 0 Å². The second-order valence-corrected chi connectivity index (χ2v) is 3.55. The fraction of sp³-hybridized carbons (Fsp3) is 0.700. The van der Waals surface area contributed by atoms with Crippen LogP contribution in [0.15, 0.2) is 16.8 Å². The molecule has 11 heavy (non-hydrogen) atoms. The molecule has 1 heteroatoms. The zero-order valence-electron chi connectivity index (χ0n) is 7.67. The summed E-state index contributed by atoms with van der Waals surface area (Å²) in [6, 6.07) is 0. The predicted octanol–water partition coefficient (Wildman–Crippen LogP) is 3.03. The second kappa shape index (κ2) is 3.70. The fourth-order valence-electron chi connectivity index (χ4n) is 1.17. The third-order valence-corrected chi connectivity index (χ3v) is 2.36. The zero-order chi connectivity index (χ0) is 8.27. The molecule has 62 valence electrons. The first-order valence-electron chi connectivity index (χ1n) is 4.44. The average molecular weight is 151 g/mol. The lowest BCUT2D eigenvalue weighted by atomic mass is 9.93. The maximum absolute atomic E-state index is 4.39. The van der Waals surface area contributed by atoms with Crippen LogP contribution in [0.3, 0.4) is 0 Å². The van der Waals surface area contributed by atoms with Crippen molar-refractivity contribution in [1.29, 1.82) is 0 Å². The highest BCUT2D eigenvalue weighted by Gasteiger charge is 2.12. The van der Waals surface area contributed by atoms with Crippen molar-refractivity contribution < 1.29 is 0 Å². The summed E-state index contributed by atoms with van der Waals surface area (Å²) in [6.45, 7) is 6.74. The lowest BCUT2D eigenvalue weighted by Crippen LogP contribution is -2.07. The molecule has 1 nitrogen and oxygen atoms in total. The van der Waals surface area contributed by atoms with Gasteiger partial charge in [-0.2, -0.15) is 0 Å². The van der Waals surface area contributed by atoms with Gasteiger partial charge in [-0.15, -0.1) is 0 Å². The van der Waals surface area contributed by atoms with E-state index >= 15 is 0 Å².